The van der Waals surface area contributed by atoms with Crippen LogP contribution in [0.2, 0.25) is 0 Å². The number of rotatable bonds is 5. The van der Waals surface area contributed by atoms with Crippen LogP contribution in [-0.4, -0.2) is 23.9 Å². The highest BCUT2D eigenvalue weighted by atomic mass is 35.5. The molecule has 2 rings (SSSR count). The van der Waals surface area contributed by atoms with Gasteiger partial charge in [0.25, 0.3) is 0 Å². The molecule has 0 bridgehead atoms. The summed E-state index contributed by atoms with van der Waals surface area (Å²) >= 11 is 7.94. The maximum atomic E-state index is 5.99. The van der Waals surface area contributed by atoms with Crippen molar-refractivity contribution in [3.8, 4) is 0 Å². The summed E-state index contributed by atoms with van der Waals surface area (Å²) in [5.74, 6) is 0.832. The van der Waals surface area contributed by atoms with Crippen molar-refractivity contribution in [2.24, 2.45) is 5.92 Å². The first kappa shape index (κ1) is 12.4. The average molecular weight is 258 g/mol. The summed E-state index contributed by atoms with van der Waals surface area (Å²) in [6.07, 6.45) is 3.57. The number of hydrogen-bond acceptors (Lipinski definition) is 2. The van der Waals surface area contributed by atoms with Crippen LogP contribution in [0.25, 0.3) is 0 Å². The van der Waals surface area contributed by atoms with Crippen molar-refractivity contribution in [2.45, 2.75) is 38.1 Å². The van der Waals surface area contributed by atoms with E-state index in [1.807, 2.05) is 11.3 Å². The Labute approximate surface area is 107 Å². The smallest absolute Gasteiger partial charge is 0.0342 e. The lowest BCUT2D eigenvalue weighted by Gasteiger charge is -2.34. The Hall–Kier alpha value is -0.0500. The van der Waals surface area contributed by atoms with E-state index in [1.54, 1.807) is 0 Å². The summed E-state index contributed by atoms with van der Waals surface area (Å²) in [5, 5.41) is 0.451. The minimum atomic E-state index is 0.451. The van der Waals surface area contributed by atoms with Gasteiger partial charge in [0, 0.05) is 28.2 Å². The molecule has 1 fully saturated rings. The monoisotopic (exact) mass is 257 g/mol. The van der Waals surface area contributed by atoms with Gasteiger partial charge in [0.1, 0.15) is 0 Å². The zero-order chi connectivity index (χ0) is 11.5. The molecule has 0 radical (unpaired) electrons. The van der Waals surface area contributed by atoms with Gasteiger partial charge in [-0.1, -0.05) is 6.92 Å². The van der Waals surface area contributed by atoms with Gasteiger partial charge in [-0.2, -0.15) is 0 Å². The van der Waals surface area contributed by atoms with Crippen LogP contribution in [0.3, 0.4) is 0 Å². The van der Waals surface area contributed by atoms with Crippen LogP contribution in [-0.2, 0) is 13.0 Å². The van der Waals surface area contributed by atoms with Crippen molar-refractivity contribution in [3.05, 3.63) is 21.9 Å². The highest BCUT2D eigenvalue weighted by Gasteiger charge is 2.27. The molecule has 16 heavy (non-hydrogen) atoms. The standard InChI is InChI=1S/C13H20ClNS/c1-3-12-4-5-13(16-12)9-15(2)8-10-6-11(14)7-10/h4-5,10-11H,3,6-9H2,1-2H3. The third kappa shape index (κ3) is 3.22. The second kappa shape index (κ2) is 5.52. The molecule has 0 aromatic carbocycles. The molecule has 1 aliphatic carbocycles. The molecule has 0 N–H and O–H groups in total. The van der Waals surface area contributed by atoms with E-state index in [-0.39, 0.29) is 0 Å². The predicted molar refractivity (Wildman–Crippen MR) is 72.4 cm³/mol. The Bertz CT molecular complexity index is 330. The molecule has 1 aromatic rings. The Morgan fingerprint density at radius 2 is 2.06 bits per heavy atom. The quantitative estimate of drug-likeness (QED) is 0.726. The fourth-order valence-corrected chi connectivity index (χ4v) is 3.81. The summed E-state index contributed by atoms with van der Waals surface area (Å²) < 4.78 is 0. The van der Waals surface area contributed by atoms with Crippen molar-refractivity contribution < 1.29 is 0 Å². The van der Waals surface area contributed by atoms with Gasteiger partial charge in [0.05, 0.1) is 0 Å². The van der Waals surface area contributed by atoms with Gasteiger partial charge in [-0.15, -0.1) is 22.9 Å². The molecule has 1 saturated carbocycles. The first-order valence-corrected chi connectivity index (χ1v) is 7.33. The van der Waals surface area contributed by atoms with Crippen molar-refractivity contribution >= 4 is 22.9 Å². The number of hydrogen-bond donors (Lipinski definition) is 0. The zero-order valence-electron chi connectivity index (χ0n) is 10.1. The molecule has 0 saturated heterocycles. The van der Waals surface area contributed by atoms with E-state index in [9.17, 15) is 0 Å². The molecule has 0 aliphatic heterocycles. The van der Waals surface area contributed by atoms with Crippen LogP contribution in [0.15, 0.2) is 12.1 Å². The minimum absolute atomic E-state index is 0.451. The Balaban J connectivity index is 1.76. The SMILES string of the molecule is CCc1ccc(CN(C)CC2CC(Cl)C2)s1. The fourth-order valence-electron chi connectivity index (χ4n) is 2.27. The van der Waals surface area contributed by atoms with Gasteiger partial charge in [-0.25, -0.2) is 0 Å². The highest BCUT2D eigenvalue weighted by Crippen LogP contribution is 2.32. The van der Waals surface area contributed by atoms with E-state index < -0.39 is 0 Å². The maximum absolute atomic E-state index is 5.99. The van der Waals surface area contributed by atoms with E-state index in [0.717, 1.165) is 18.9 Å². The highest BCUT2D eigenvalue weighted by molar-refractivity contribution is 7.11. The molecule has 1 heterocycles. The molecular weight excluding hydrogens is 238 g/mol. The Morgan fingerprint density at radius 1 is 1.38 bits per heavy atom. The van der Waals surface area contributed by atoms with Crippen molar-refractivity contribution in [3.63, 3.8) is 0 Å². The first-order valence-electron chi connectivity index (χ1n) is 6.07. The first-order chi connectivity index (χ1) is 7.67. The van der Waals surface area contributed by atoms with Gasteiger partial charge in [0.15, 0.2) is 0 Å². The molecular formula is C13H20ClNS. The Kier molecular flexibility index (Phi) is 4.28. The zero-order valence-corrected chi connectivity index (χ0v) is 11.7. The van der Waals surface area contributed by atoms with Gasteiger partial charge < -0.3 is 4.90 Å². The molecule has 1 nitrogen and oxygen atoms in total. The third-order valence-corrected chi connectivity index (χ3v) is 4.81. The molecule has 1 aromatic heterocycles. The summed E-state index contributed by atoms with van der Waals surface area (Å²) in [6, 6.07) is 4.52. The van der Waals surface area contributed by atoms with E-state index in [1.165, 1.54) is 29.1 Å². The van der Waals surface area contributed by atoms with Crippen LogP contribution < -0.4 is 0 Å². The van der Waals surface area contributed by atoms with Crippen LogP contribution in [0.1, 0.15) is 29.5 Å². The van der Waals surface area contributed by atoms with Gasteiger partial charge in [-0.05, 0) is 44.4 Å². The van der Waals surface area contributed by atoms with Crippen LogP contribution in [0.4, 0.5) is 0 Å². The number of alkyl halides is 1. The molecule has 0 amide bonds. The predicted octanol–water partition coefficient (Wildman–Crippen LogP) is 3.76. The number of halogens is 1. The number of aryl methyl sites for hydroxylation is 1. The molecule has 1 aliphatic rings. The van der Waals surface area contributed by atoms with Gasteiger partial charge in [0.2, 0.25) is 0 Å². The Morgan fingerprint density at radius 3 is 2.62 bits per heavy atom. The van der Waals surface area contributed by atoms with E-state index in [2.05, 4.69) is 31.0 Å². The topological polar surface area (TPSA) is 3.24 Å². The minimum Gasteiger partial charge on any atom is -0.301 e. The second-order valence-corrected chi connectivity index (χ2v) is 6.72. The summed E-state index contributed by atoms with van der Waals surface area (Å²) in [5.41, 5.74) is 0. The molecule has 90 valence electrons. The van der Waals surface area contributed by atoms with Crippen molar-refractivity contribution in [1.82, 2.24) is 4.90 Å². The molecule has 0 atom stereocenters. The lowest BCUT2D eigenvalue weighted by atomic mass is 9.84. The fraction of sp³-hybridized carbons (Fsp3) is 0.692. The lowest BCUT2D eigenvalue weighted by molar-refractivity contribution is 0.205. The largest absolute Gasteiger partial charge is 0.301 e. The number of nitrogens with zero attached hydrogens (tertiary/aromatic N) is 1. The second-order valence-electron chi connectivity index (χ2n) is 4.85. The summed E-state index contributed by atoms with van der Waals surface area (Å²) in [4.78, 5) is 5.41. The van der Waals surface area contributed by atoms with Crippen molar-refractivity contribution in [1.29, 1.82) is 0 Å². The lowest BCUT2D eigenvalue weighted by Crippen LogP contribution is -2.34. The third-order valence-electron chi connectivity index (χ3n) is 3.24. The van der Waals surface area contributed by atoms with Crippen LogP contribution >= 0.6 is 22.9 Å². The molecule has 3 heteroatoms. The molecule has 0 spiro atoms. The maximum Gasteiger partial charge on any atom is 0.0342 e. The van der Waals surface area contributed by atoms with Crippen molar-refractivity contribution in [2.75, 3.05) is 13.6 Å². The summed E-state index contributed by atoms with van der Waals surface area (Å²) in [7, 11) is 2.22. The summed E-state index contributed by atoms with van der Waals surface area (Å²) in [6.45, 7) is 4.50. The van der Waals surface area contributed by atoms with Crippen LogP contribution in [0.5, 0.6) is 0 Å². The van der Waals surface area contributed by atoms with Gasteiger partial charge >= 0.3 is 0 Å². The number of thiophene rings is 1. The van der Waals surface area contributed by atoms with E-state index >= 15 is 0 Å². The van der Waals surface area contributed by atoms with E-state index in [4.69, 9.17) is 11.6 Å². The van der Waals surface area contributed by atoms with Gasteiger partial charge in [-0.3, -0.25) is 0 Å². The normalized spacial score (nSPS) is 24.8. The average Bonchev–Trinajstić information content (AvgIpc) is 2.63. The van der Waals surface area contributed by atoms with Crippen LogP contribution in [0, 0.1) is 5.92 Å². The van der Waals surface area contributed by atoms with E-state index in [0.29, 0.717) is 5.38 Å². The molecule has 0 unspecified atom stereocenters.